The van der Waals surface area contributed by atoms with Gasteiger partial charge in [0.2, 0.25) is 0 Å². The Labute approximate surface area is 113 Å². The van der Waals surface area contributed by atoms with E-state index >= 15 is 0 Å². The molecule has 0 bridgehead atoms. The molecule has 0 saturated carbocycles. The largest absolute Gasteiger partial charge is 0.497 e. The number of methoxy groups -OCH3 is 1. The van der Waals surface area contributed by atoms with Gasteiger partial charge in [0.05, 0.1) is 7.11 Å². The van der Waals surface area contributed by atoms with E-state index < -0.39 is 0 Å². The van der Waals surface area contributed by atoms with Crippen LogP contribution in [-0.2, 0) is 13.0 Å². The van der Waals surface area contributed by atoms with Crippen molar-refractivity contribution in [2.45, 2.75) is 26.3 Å². The predicted molar refractivity (Wildman–Crippen MR) is 76.1 cm³/mol. The summed E-state index contributed by atoms with van der Waals surface area (Å²) < 4.78 is 7.33. The first-order valence-corrected chi connectivity index (χ1v) is 6.68. The summed E-state index contributed by atoms with van der Waals surface area (Å²) in [6, 6.07) is 7.89. The third kappa shape index (κ3) is 2.07. The third-order valence-electron chi connectivity index (χ3n) is 3.83. The lowest BCUT2D eigenvalue weighted by Crippen LogP contribution is -2.18. The van der Waals surface area contributed by atoms with Crippen molar-refractivity contribution in [2.75, 3.05) is 12.8 Å². The zero-order valence-electron chi connectivity index (χ0n) is 11.4. The summed E-state index contributed by atoms with van der Waals surface area (Å²) in [6.07, 6.45) is 2.19. The maximum Gasteiger partial charge on any atom is 0.131 e. The molecule has 1 aliphatic heterocycles. The van der Waals surface area contributed by atoms with Gasteiger partial charge in [-0.3, -0.25) is 0 Å². The molecular formula is C15H19N3O. The molecule has 1 aliphatic rings. The van der Waals surface area contributed by atoms with E-state index in [2.05, 4.69) is 11.5 Å². The van der Waals surface area contributed by atoms with Gasteiger partial charge in [0.1, 0.15) is 23.1 Å². The van der Waals surface area contributed by atoms with Crippen LogP contribution in [-0.4, -0.2) is 16.7 Å². The van der Waals surface area contributed by atoms with Crippen molar-refractivity contribution in [3.05, 3.63) is 30.1 Å². The van der Waals surface area contributed by atoms with Gasteiger partial charge in [0.25, 0.3) is 0 Å². The van der Waals surface area contributed by atoms with Crippen LogP contribution in [0.25, 0.3) is 11.3 Å². The fraction of sp³-hybridized carbons (Fsp3) is 0.400. The minimum absolute atomic E-state index is 0.693. The smallest absolute Gasteiger partial charge is 0.131 e. The van der Waals surface area contributed by atoms with Crippen LogP contribution in [0.1, 0.15) is 19.2 Å². The maximum atomic E-state index is 6.24. The number of hydrogen-bond acceptors (Lipinski definition) is 3. The molecule has 2 N–H and O–H groups in total. The van der Waals surface area contributed by atoms with Crippen LogP contribution in [0.15, 0.2) is 24.3 Å². The van der Waals surface area contributed by atoms with E-state index in [1.807, 2.05) is 24.3 Å². The second-order valence-corrected chi connectivity index (χ2v) is 5.24. The molecule has 2 heterocycles. The highest BCUT2D eigenvalue weighted by Gasteiger charge is 2.21. The van der Waals surface area contributed by atoms with Crippen LogP contribution in [0.4, 0.5) is 5.82 Å². The molecule has 0 radical (unpaired) electrons. The summed E-state index contributed by atoms with van der Waals surface area (Å²) in [4.78, 5) is 4.72. The third-order valence-corrected chi connectivity index (χ3v) is 3.83. The molecule has 1 aromatic carbocycles. The van der Waals surface area contributed by atoms with Crippen molar-refractivity contribution in [3.8, 4) is 17.0 Å². The first kappa shape index (κ1) is 12.1. The van der Waals surface area contributed by atoms with Crippen LogP contribution in [0, 0.1) is 5.92 Å². The molecule has 1 unspecified atom stereocenters. The molecule has 1 atom stereocenters. The lowest BCUT2D eigenvalue weighted by Gasteiger charge is -2.20. The van der Waals surface area contributed by atoms with Crippen molar-refractivity contribution in [3.63, 3.8) is 0 Å². The number of ether oxygens (including phenoxy) is 1. The first-order chi connectivity index (χ1) is 9.19. The number of nitrogens with zero attached hydrogens (tertiary/aromatic N) is 2. The summed E-state index contributed by atoms with van der Waals surface area (Å²) >= 11 is 0. The van der Waals surface area contributed by atoms with Gasteiger partial charge in [-0.15, -0.1) is 0 Å². The quantitative estimate of drug-likeness (QED) is 0.900. The lowest BCUT2D eigenvalue weighted by atomic mass is 10.0. The molecule has 0 saturated heterocycles. The van der Waals surface area contributed by atoms with Gasteiger partial charge >= 0.3 is 0 Å². The van der Waals surface area contributed by atoms with Crippen molar-refractivity contribution in [2.24, 2.45) is 5.92 Å². The first-order valence-electron chi connectivity index (χ1n) is 6.68. The van der Waals surface area contributed by atoms with Gasteiger partial charge in [-0.2, -0.15) is 0 Å². The second-order valence-electron chi connectivity index (χ2n) is 5.24. The van der Waals surface area contributed by atoms with E-state index in [1.165, 1.54) is 6.42 Å². The molecule has 1 aromatic heterocycles. The Balaban J connectivity index is 2.00. The Kier molecular flexibility index (Phi) is 2.93. The standard InChI is InChI=1S/C15H19N3O/c1-10-7-8-18-13(9-10)17-14(15(18)16)11-3-5-12(19-2)6-4-11/h3-6,10H,7-9,16H2,1-2H3. The normalized spacial score (nSPS) is 18.1. The van der Waals surface area contributed by atoms with Crippen molar-refractivity contribution < 1.29 is 4.74 Å². The molecule has 4 nitrogen and oxygen atoms in total. The lowest BCUT2D eigenvalue weighted by molar-refractivity contribution is 0.412. The summed E-state index contributed by atoms with van der Waals surface area (Å²) in [5, 5.41) is 0. The number of fused-ring (bicyclic) bond motifs is 1. The van der Waals surface area contributed by atoms with E-state index in [1.54, 1.807) is 7.11 Å². The number of benzene rings is 1. The van der Waals surface area contributed by atoms with Crippen LogP contribution in [0.5, 0.6) is 5.75 Å². The molecular weight excluding hydrogens is 238 g/mol. The summed E-state index contributed by atoms with van der Waals surface area (Å²) in [5.41, 5.74) is 8.19. The van der Waals surface area contributed by atoms with Gasteiger partial charge in [0, 0.05) is 18.5 Å². The predicted octanol–water partition coefficient (Wildman–Crippen LogP) is 2.72. The maximum absolute atomic E-state index is 6.24. The Morgan fingerprint density at radius 1 is 1.32 bits per heavy atom. The average molecular weight is 257 g/mol. The minimum Gasteiger partial charge on any atom is -0.497 e. The van der Waals surface area contributed by atoms with Crippen LogP contribution in [0.2, 0.25) is 0 Å². The van der Waals surface area contributed by atoms with Crippen molar-refractivity contribution in [1.82, 2.24) is 9.55 Å². The number of rotatable bonds is 2. The summed E-state index contributed by atoms with van der Waals surface area (Å²) in [5.74, 6) is 3.44. The molecule has 0 fully saturated rings. The molecule has 0 aliphatic carbocycles. The molecule has 0 spiro atoms. The fourth-order valence-electron chi connectivity index (χ4n) is 2.64. The SMILES string of the molecule is COc1ccc(-c2nc3n(c2N)CCC(C)C3)cc1. The Morgan fingerprint density at radius 2 is 2.05 bits per heavy atom. The Hall–Kier alpha value is -1.97. The highest BCUT2D eigenvalue weighted by molar-refractivity contribution is 5.71. The van der Waals surface area contributed by atoms with E-state index in [-0.39, 0.29) is 0 Å². The van der Waals surface area contributed by atoms with Crippen LogP contribution in [0.3, 0.4) is 0 Å². The molecule has 2 aromatic rings. The van der Waals surface area contributed by atoms with E-state index in [0.717, 1.165) is 41.6 Å². The number of nitrogens with two attached hydrogens (primary N) is 1. The molecule has 19 heavy (non-hydrogen) atoms. The second kappa shape index (κ2) is 4.61. The van der Waals surface area contributed by atoms with E-state index in [0.29, 0.717) is 5.92 Å². The monoisotopic (exact) mass is 257 g/mol. The van der Waals surface area contributed by atoms with Crippen LogP contribution >= 0.6 is 0 Å². The highest BCUT2D eigenvalue weighted by atomic mass is 16.5. The highest BCUT2D eigenvalue weighted by Crippen LogP contribution is 2.31. The van der Waals surface area contributed by atoms with Gasteiger partial charge in [-0.25, -0.2) is 4.98 Å². The van der Waals surface area contributed by atoms with E-state index in [9.17, 15) is 0 Å². The van der Waals surface area contributed by atoms with Crippen molar-refractivity contribution >= 4 is 5.82 Å². The van der Waals surface area contributed by atoms with Gasteiger partial charge in [0.15, 0.2) is 0 Å². The molecule has 4 heteroatoms. The average Bonchev–Trinajstić information content (AvgIpc) is 2.75. The molecule has 0 amide bonds. The van der Waals surface area contributed by atoms with Gasteiger partial charge in [-0.1, -0.05) is 6.92 Å². The number of hydrogen-bond donors (Lipinski definition) is 1. The number of anilines is 1. The Bertz CT molecular complexity index is 586. The summed E-state index contributed by atoms with van der Waals surface area (Å²) in [6.45, 7) is 3.24. The zero-order valence-corrected chi connectivity index (χ0v) is 11.4. The topological polar surface area (TPSA) is 53.1 Å². The Morgan fingerprint density at radius 3 is 2.74 bits per heavy atom. The number of aromatic nitrogens is 2. The van der Waals surface area contributed by atoms with Crippen molar-refractivity contribution in [1.29, 1.82) is 0 Å². The van der Waals surface area contributed by atoms with E-state index in [4.69, 9.17) is 15.5 Å². The number of nitrogen functional groups attached to an aromatic ring is 1. The molecule has 3 rings (SSSR count). The zero-order chi connectivity index (χ0) is 13.4. The fourth-order valence-corrected chi connectivity index (χ4v) is 2.64. The number of imidazole rings is 1. The van der Waals surface area contributed by atoms with Gasteiger partial charge in [-0.05, 0) is 36.6 Å². The van der Waals surface area contributed by atoms with Gasteiger partial charge < -0.3 is 15.0 Å². The van der Waals surface area contributed by atoms with Crippen LogP contribution < -0.4 is 10.5 Å². The summed E-state index contributed by atoms with van der Waals surface area (Å²) in [7, 11) is 1.67. The minimum atomic E-state index is 0.693. The molecule has 100 valence electrons.